The molecule has 1 aromatic rings. The molecular weight excluding hydrogens is 294 g/mol. The second kappa shape index (κ2) is 8.08. The quantitative estimate of drug-likeness (QED) is 0.825. The highest BCUT2D eigenvalue weighted by Gasteiger charge is 2.33. The van der Waals surface area contributed by atoms with Crippen LogP contribution in [0.2, 0.25) is 0 Å². The van der Waals surface area contributed by atoms with Gasteiger partial charge in [0.15, 0.2) is 5.82 Å². The predicted octanol–water partition coefficient (Wildman–Crippen LogP) is 1.51. The largest absolute Gasteiger partial charge is 0.347 e. The number of nitrogens with zero attached hydrogens (tertiary/aromatic N) is 4. The molecule has 1 N–H and O–H groups in total. The van der Waals surface area contributed by atoms with E-state index in [-0.39, 0.29) is 24.4 Å². The van der Waals surface area contributed by atoms with Gasteiger partial charge in [-0.15, -0.1) is 10.2 Å². The molecule has 0 aliphatic carbocycles. The van der Waals surface area contributed by atoms with Gasteiger partial charge in [-0.1, -0.05) is 20.8 Å². The Morgan fingerprint density at radius 2 is 2.22 bits per heavy atom. The third kappa shape index (κ3) is 4.53. The molecule has 0 saturated carbocycles. The van der Waals surface area contributed by atoms with E-state index in [1.807, 2.05) is 16.4 Å². The molecule has 7 nitrogen and oxygen atoms in total. The van der Waals surface area contributed by atoms with Crippen LogP contribution in [0, 0.1) is 5.92 Å². The van der Waals surface area contributed by atoms with Crippen molar-refractivity contribution in [3.63, 3.8) is 0 Å². The van der Waals surface area contributed by atoms with Gasteiger partial charge in [-0.05, 0) is 25.2 Å². The summed E-state index contributed by atoms with van der Waals surface area (Å²) in [5.41, 5.74) is 0. The van der Waals surface area contributed by atoms with Gasteiger partial charge < -0.3 is 14.8 Å². The van der Waals surface area contributed by atoms with E-state index in [1.165, 1.54) is 0 Å². The van der Waals surface area contributed by atoms with Crippen LogP contribution >= 0.6 is 0 Å². The molecule has 1 fully saturated rings. The van der Waals surface area contributed by atoms with Gasteiger partial charge >= 0.3 is 0 Å². The maximum absolute atomic E-state index is 12.4. The predicted molar refractivity (Wildman–Crippen MR) is 86.5 cm³/mol. The zero-order valence-electron chi connectivity index (χ0n) is 14.3. The maximum Gasteiger partial charge on any atom is 0.242 e. The van der Waals surface area contributed by atoms with Crippen molar-refractivity contribution in [1.82, 2.24) is 25.0 Å². The summed E-state index contributed by atoms with van der Waals surface area (Å²) in [6, 6.07) is -0.0353. The lowest BCUT2D eigenvalue weighted by Crippen LogP contribution is -2.40. The lowest BCUT2D eigenvalue weighted by atomic mass is 10.2. The van der Waals surface area contributed by atoms with Crippen LogP contribution in [-0.2, 0) is 16.1 Å². The van der Waals surface area contributed by atoms with Crippen molar-refractivity contribution in [3.05, 3.63) is 12.2 Å². The summed E-state index contributed by atoms with van der Waals surface area (Å²) >= 11 is 0. The average molecular weight is 321 g/mol. The first-order valence-corrected chi connectivity index (χ1v) is 8.46. The fraction of sp³-hybridized carbons (Fsp3) is 0.750. The number of carbonyl (C=O) groups is 2. The lowest BCUT2D eigenvalue weighted by molar-refractivity contribution is -0.133. The third-order valence-electron chi connectivity index (χ3n) is 3.99. The van der Waals surface area contributed by atoms with E-state index in [0.29, 0.717) is 18.9 Å². The van der Waals surface area contributed by atoms with Gasteiger partial charge in [0.05, 0.1) is 12.6 Å². The Balaban J connectivity index is 2.01. The van der Waals surface area contributed by atoms with Gasteiger partial charge in [-0.25, -0.2) is 0 Å². The normalized spacial score (nSPS) is 17.7. The van der Waals surface area contributed by atoms with Gasteiger partial charge in [-0.3, -0.25) is 9.59 Å². The first-order valence-electron chi connectivity index (χ1n) is 8.46. The van der Waals surface area contributed by atoms with Crippen molar-refractivity contribution in [2.45, 2.75) is 59.0 Å². The Hall–Kier alpha value is -1.92. The first kappa shape index (κ1) is 17.4. The summed E-state index contributed by atoms with van der Waals surface area (Å²) in [5, 5.41) is 11.0. The molecule has 23 heavy (non-hydrogen) atoms. The van der Waals surface area contributed by atoms with Crippen molar-refractivity contribution >= 4 is 11.8 Å². The van der Waals surface area contributed by atoms with Crippen LogP contribution in [0.15, 0.2) is 6.33 Å². The minimum atomic E-state index is -0.0698. The Bertz CT molecular complexity index is 540. The molecule has 1 atom stereocenters. The molecule has 1 unspecified atom stereocenters. The molecule has 1 aromatic heterocycles. The van der Waals surface area contributed by atoms with Crippen LogP contribution in [0.3, 0.4) is 0 Å². The van der Waals surface area contributed by atoms with Crippen molar-refractivity contribution in [1.29, 1.82) is 0 Å². The molecule has 1 aliphatic rings. The number of amides is 2. The summed E-state index contributed by atoms with van der Waals surface area (Å²) in [4.78, 5) is 25.8. The van der Waals surface area contributed by atoms with Crippen molar-refractivity contribution in [2.75, 3.05) is 13.1 Å². The first-order chi connectivity index (χ1) is 11.0. The van der Waals surface area contributed by atoms with Gasteiger partial charge in [0.25, 0.3) is 0 Å². The summed E-state index contributed by atoms with van der Waals surface area (Å²) in [6.45, 7) is 7.85. The van der Waals surface area contributed by atoms with Gasteiger partial charge in [0.2, 0.25) is 11.8 Å². The van der Waals surface area contributed by atoms with Crippen LogP contribution in [0.4, 0.5) is 0 Å². The Morgan fingerprint density at radius 3 is 2.91 bits per heavy atom. The van der Waals surface area contributed by atoms with E-state index in [1.54, 1.807) is 6.33 Å². The summed E-state index contributed by atoms with van der Waals surface area (Å²) in [6.07, 6.45) is 4.82. The van der Waals surface area contributed by atoms with Crippen LogP contribution < -0.4 is 5.32 Å². The smallest absolute Gasteiger partial charge is 0.242 e. The number of nitrogens with one attached hydrogen (secondary N) is 1. The molecule has 1 saturated heterocycles. The van der Waals surface area contributed by atoms with Gasteiger partial charge in [0.1, 0.15) is 6.33 Å². The Morgan fingerprint density at radius 1 is 1.43 bits per heavy atom. The van der Waals surface area contributed by atoms with Crippen molar-refractivity contribution in [2.24, 2.45) is 5.92 Å². The number of aromatic nitrogens is 3. The molecular formula is C16H27N5O2. The lowest BCUT2D eigenvalue weighted by Gasteiger charge is -2.25. The van der Waals surface area contributed by atoms with Crippen molar-refractivity contribution < 1.29 is 9.59 Å². The molecule has 2 heterocycles. The molecule has 0 aromatic carbocycles. The number of carbonyl (C=O) groups excluding carboxylic acids is 2. The molecule has 2 amide bonds. The molecule has 128 valence electrons. The van der Waals surface area contributed by atoms with E-state index in [0.717, 1.165) is 31.6 Å². The molecule has 7 heteroatoms. The Labute approximate surface area is 137 Å². The molecule has 1 aliphatic heterocycles. The van der Waals surface area contributed by atoms with E-state index in [2.05, 4.69) is 29.4 Å². The van der Waals surface area contributed by atoms with E-state index in [4.69, 9.17) is 0 Å². The van der Waals surface area contributed by atoms with Crippen LogP contribution in [0.25, 0.3) is 0 Å². The molecule has 0 radical (unpaired) electrons. The number of likely N-dealkylation sites (tertiary alicyclic amines) is 1. The number of hydrogen-bond acceptors (Lipinski definition) is 4. The average Bonchev–Trinajstić information content (AvgIpc) is 3.12. The number of rotatable bonds is 7. The van der Waals surface area contributed by atoms with Crippen LogP contribution in [0.5, 0.6) is 0 Å². The second-order valence-corrected chi connectivity index (χ2v) is 6.51. The molecule has 2 rings (SSSR count). The monoisotopic (exact) mass is 321 g/mol. The van der Waals surface area contributed by atoms with Crippen molar-refractivity contribution in [3.8, 4) is 0 Å². The minimum Gasteiger partial charge on any atom is -0.347 e. The van der Waals surface area contributed by atoms with E-state index in [9.17, 15) is 9.59 Å². The highest BCUT2D eigenvalue weighted by Crippen LogP contribution is 2.30. The molecule has 0 bridgehead atoms. The minimum absolute atomic E-state index is 0.0353. The van der Waals surface area contributed by atoms with Gasteiger partial charge in [0, 0.05) is 19.5 Å². The zero-order chi connectivity index (χ0) is 16.8. The second-order valence-electron chi connectivity index (χ2n) is 6.51. The van der Waals surface area contributed by atoms with E-state index >= 15 is 0 Å². The fourth-order valence-electron chi connectivity index (χ4n) is 2.98. The highest BCUT2D eigenvalue weighted by atomic mass is 16.2. The summed E-state index contributed by atoms with van der Waals surface area (Å²) in [7, 11) is 0. The standard InChI is InChI=1S/C16H27N5O2/c1-4-6-14(22)17-9-15(23)21-8-5-7-13(21)16-19-18-11-20(16)10-12(2)3/h11-13H,4-10H2,1-3H3,(H,17,22). The highest BCUT2D eigenvalue weighted by molar-refractivity contribution is 5.85. The maximum atomic E-state index is 12.4. The molecule has 0 spiro atoms. The topological polar surface area (TPSA) is 80.1 Å². The Kier molecular flexibility index (Phi) is 6.12. The summed E-state index contributed by atoms with van der Waals surface area (Å²) in [5.74, 6) is 1.23. The SMILES string of the molecule is CCCC(=O)NCC(=O)N1CCCC1c1nncn1CC(C)C. The third-order valence-corrected chi connectivity index (χ3v) is 3.99. The van der Waals surface area contributed by atoms with Crippen LogP contribution in [0.1, 0.15) is 58.3 Å². The fourth-order valence-corrected chi connectivity index (χ4v) is 2.98. The van der Waals surface area contributed by atoms with Crippen LogP contribution in [-0.4, -0.2) is 44.6 Å². The summed E-state index contributed by atoms with van der Waals surface area (Å²) < 4.78 is 2.04. The van der Waals surface area contributed by atoms with E-state index < -0.39 is 0 Å². The number of hydrogen-bond donors (Lipinski definition) is 1. The van der Waals surface area contributed by atoms with Gasteiger partial charge in [-0.2, -0.15) is 0 Å². The zero-order valence-corrected chi connectivity index (χ0v) is 14.3.